The summed E-state index contributed by atoms with van der Waals surface area (Å²) < 4.78 is 28.7. The van der Waals surface area contributed by atoms with Gasteiger partial charge in [0.05, 0.1) is 46.6 Å². The maximum absolute atomic E-state index is 14.3. The second-order valence-corrected chi connectivity index (χ2v) is 7.42. The third kappa shape index (κ3) is 3.68. The molecule has 7 nitrogen and oxygen atoms in total. The molecule has 0 unspecified atom stereocenters. The van der Waals surface area contributed by atoms with Gasteiger partial charge >= 0.3 is 0 Å². The molecule has 0 aliphatic carbocycles. The molecule has 2 aromatic heterocycles. The molecule has 0 spiro atoms. The normalized spacial score (nSPS) is 15.5. The number of benzene rings is 1. The predicted molar refractivity (Wildman–Crippen MR) is 113 cm³/mol. The van der Waals surface area contributed by atoms with E-state index in [0.717, 1.165) is 31.9 Å². The van der Waals surface area contributed by atoms with Crippen molar-refractivity contribution < 1.29 is 13.6 Å². The van der Waals surface area contributed by atoms with Gasteiger partial charge in [-0.2, -0.15) is 0 Å². The number of halogens is 2. The van der Waals surface area contributed by atoms with E-state index >= 15 is 0 Å². The lowest BCUT2D eigenvalue weighted by molar-refractivity contribution is 0.0966. The Balaban J connectivity index is 1.50. The van der Waals surface area contributed by atoms with Crippen molar-refractivity contribution >= 4 is 23.1 Å². The van der Waals surface area contributed by atoms with Crippen molar-refractivity contribution in [1.29, 1.82) is 0 Å². The highest BCUT2D eigenvalue weighted by Gasteiger charge is 2.27. The second kappa shape index (κ2) is 7.92. The minimum atomic E-state index is -0.714. The summed E-state index contributed by atoms with van der Waals surface area (Å²) in [5.74, 6) is -1.20. The van der Waals surface area contributed by atoms with Gasteiger partial charge in [-0.05, 0) is 30.3 Å². The SMILES string of the molecule is O=C1NCc2nc(-c3c(F)cccc3F)cc(Nc3ccc(N4CCNCC4)cn3)c21. The zero-order valence-corrected chi connectivity index (χ0v) is 16.6. The Morgan fingerprint density at radius 3 is 2.52 bits per heavy atom. The predicted octanol–water partition coefficient (Wildman–Crippen LogP) is 2.82. The molecule has 0 atom stereocenters. The Labute approximate surface area is 177 Å². The number of anilines is 3. The first-order chi connectivity index (χ1) is 15.1. The molecule has 1 aromatic carbocycles. The first-order valence-corrected chi connectivity index (χ1v) is 10.1. The number of nitrogens with one attached hydrogen (secondary N) is 3. The lowest BCUT2D eigenvalue weighted by atomic mass is 10.1. The van der Waals surface area contributed by atoms with E-state index in [4.69, 9.17) is 0 Å². The number of amides is 1. The highest BCUT2D eigenvalue weighted by molar-refractivity contribution is 6.04. The van der Waals surface area contributed by atoms with Crippen LogP contribution in [0.25, 0.3) is 11.3 Å². The van der Waals surface area contributed by atoms with Crippen molar-refractivity contribution in [1.82, 2.24) is 20.6 Å². The van der Waals surface area contributed by atoms with Crippen molar-refractivity contribution in [3.05, 3.63) is 65.5 Å². The third-order valence-corrected chi connectivity index (χ3v) is 5.45. The number of rotatable bonds is 4. The molecule has 31 heavy (non-hydrogen) atoms. The van der Waals surface area contributed by atoms with E-state index in [1.807, 2.05) is 12.1 Å². The Morgan fingerprint density at radius 2 is 1.81 bits per heavy atom. The first-order valence-electron chi connectivity index (χ1n) is 10.1. The van der Waals surface area contributed by atoms with E-state index in [1.54, 1.807) is 6.20 Å². The van der Waals surface area contributed by atoms with E-state index in [2.05, 4.69) is 30.8 Å². The summed E-state index contributed by atoms with van der Waals surface area (Å²) >= 11 is 0. The first kappa shape index (κ1) is 19.4. The second-order valence-electron chi connectivity index (χ2n) is 7.42. The smallest absolute Gasteiger partial charge is 0.255 e. The van der Waals surface area contributed by atoms with Gasteiger partial charge in [0, 0.05) is 26.2 Å². The lowest BCUT2D eigenvalue weighted by Crippen LogP contribution is -2.43. The molecule has 2 aliphatic heterocycles. The van der Waals surface area contributed by atoms with Gasteiger partial charge in [0.2, 0.25) is 0 Å². The molecular weight excluding hydrogens is 402 g/mol. The van der Waals surface area contributed by atoms with Crippen LogP contribution >= 0.6 is 0 Å². The van der Waals surface area contributed by atoms with E-state index < -0.39 is 11.6 Å². The fourth-order valence-electron chi connectivity index (χ4n) is 3.91. The number of fused-ring (bicyclic) bond motifs is 1. The van der Waals surface area contributed by atoms with Crippen LogP contribution in [0.1, 0.15) is 16.1 Å². The quantitative estimate of drug-likeness (QED) is 0.600. The van der Waals surface area contributed by atoms with Gasteiger partial charge in [-0.25, -0.2) is 18.7 Å². The number of piperazine rings is 1. The van der Waals surface area contributed by atoms with Crippen LogP contribution in [0.3, 0.4) is 0 Å². The molecule has 0 saturated carbocycles. The standard InChI is InChI=1S/C22H20F2N6O/c23-14-2-1-3-15(24)20(14)16-10-17(21-18(28-16)12-27-22(21)31)29-19-5-4-13(11-26-19)30-8-6-25-7-9-30/h1-5,10-11,25H,6-9,12H2,(H,27,31)(H,26,28,29). The molecule has 3 aromatic rings. The molecule has 4 heterocycles. The van der Waals surface area contributed by atoms with Gasteiger partial charge < -0.3 is 20.9 Å². The van der Waals surface area contributed by atoms with Gasteiger partial charge in [0.15, 0.2) is 0 Å². The van der Waals surface area contributed by atoms with Crippen molar-refractivity contribution in [3.63, 3.8) is 0 Å². The van der Waals surface area contributed by atoms with Gasteiger partial charge in [-0.15, -0.1) is 0 Å². The van der Waals surface area contributed by atoms with Gasteiger partial charge in [-0.3, -0.25) is 4.79 Å². The molecular formula is C22H20F2N6O. The molecule has 5 rings (SSSR count). The van der Waals surface area contributed by atoms with Crippen LogP contribution in [0, 0.1) is 11.6 Å². The Kier molecular flexibility index (Phi) is 4.95. The molecule has 3 N–H and O–H groups in total. The van der Waals surface area contributed by atoms with E-state index in [1.165, 1.54) is 24.3 Å². The minimum Gasteiger partial charge on any atom is -0.368 e. The summed E-state index contributed by atoms with van der Waals surface area (Å²) in [7, 11) is 0. The topological polar surface area (TPSA) is 82.2 Å². The summed E-state index contributed by atoms with van der Waals surface area (Å²) in [4.78, 5) is 23.4. The van der Waals surface area contributed by atoms with E-state index in [-0.39, 0.29) is 23.7 Å². The fourth-order valence-corrected chi connectivity index (χ4v) is 3.91. The molecule has 2 aliphatic rings. The van der Waals surface area contributed by atoms with Crippen LogP contribution in [-0.4, -0.2) is 42.1 Å². The molecule has 1 amide bonds. The largest absolute Gasteiger partial charge is 0.368 e. The molecule has 9 heteroatoms. The lowest BCUT2D eigenvalue weighted by Gasteiger charge is -2.29. The van der Waals surface area contributed by atoms with Crippen LogP contribution in [0.4, 0.5) is 26.0 Å². The molecule has 1 saturated heterocycles. The van der Waals surface area contributed by atoms with Crippen molar-refractivity contribution in [2.75, 3.05) is 36.4 Å². The zero-order chi connectivity index (χ0) is 21.4. The monoisotopic (exact) mass is 422 g/mol. The summed E-state index contributed by atoms with van der Waals surface area (Å²) in [6, 6.07) is 8.92. The molecule has 0 bridgehead atoms. The molecule has 158 valence electrons. The van der Waals surface area contributed by atoms with Crippen molar-refractivity contribution in [3.8, 4) is 11.3 Å². The van der Waals surface area contributed by atoms with Crippen molar-refractivity contribution in [2.24, 2.45) is 0 Å². The van der Waals surface area contributed by atoms with Crippen molar-refractivity contribution in [2.45, 2.75) is 6.54 Å². The number of hydrogen-bond acceptors (Lipinski definition) is 6. The summed E-state index contributed by atoms with van der Waals surface area (Å²) in [6.07, 6.45) is 1.77. The zero-order valence-electron chi connectivity index (χ0n) is 16.6. The Morgan fingerprint density at radius 1 is 1.03 bits per heavy atom. The third-order valence-electron chi connectivity index (χ3n) is 5.45. The number of nitrogens with zero attached hydrogens (tertiary/aromatic N) is 3. The Hall–Kier alpha value is -3.59. The number of hydrogen-bond donors (Lipinski definition) is 3. The Bertz CT molecular complexity index is 1130. The number of pyridine rings is 2. The fraction of sp³-hybridized carbons (Fsp3) is 0.227. The number of carbonyl (C=O) groups is 1. The minimum absolute atomic E-state index is 0.116. The van der Waals surface area contributed by atoms with Crippen LogP contribution in [0.5, 0.6) is 0 Å². The average molecular weight is 422 g/mol. The van der Waals surface area contributed by atoms with E-state index in [0.29, 0.717) is 22.8 Å². The maximum Gasteiger partial charge on any atom is 0.255 e. The number of aromatic nitrogens is 2. The molecule has 0 radical (unpaired) electrons. The summed E-state index contributed by atoms with van der Waals surface area (Å²) in [6.45, 7) is 3.86. The molecule has 1 fully saturated rings. The van der Waals surface area contributed by atoms with Crippen LogP contribution in [0.2, 0.25) is 0 Å². The van der Waals surface area contributed by atoms with Gasteiger partial charge in [0.1, 0.15) is 17.5 Å². The highest BCUT2D eigenvalue weighted by Crippen LogP contribution is 2.33. The van der Waals surface area contributed by atoms with Crippen LogP contribution in [0.15, 0.2) is 42.6 Å². The summed E-state index contributed by atoms with van der Waals surface area (Å²) in [5, 5.41) is 9.15. The van der Waals surface area contributed by atoms with E-state index in [9.17, 15) is 13.6 Å². The average Bonchev–Trinajstić information content (AvgIpc) is 3.16. The van der Waals surface area contributed by atoms with Crippen LogP contribution < -0.4 is 20.9 Å². The van der Waals surface area contributed by atoms with Gasteiger partial charge in [-0.1, -0.05) is 6.07 Å². The number of carbonyl (C=O) groups excluding carboxylic acids is 1. The van der Waals surface area contributed by atoms with Crippen LogP contribution in [-0.2, 0) is 6.54 Å². The summed E-state index contributed by atoms with van der Waals surface area (Å²) in [5.41, 5.74) is 2.10. The maximum atomic E-state index is 14.3. The van der Waals surface area contributed by atoms with Gasteiger partial charge in [0.25, 0.3) is 5.91 Å². The highest BCUT2D eigenvalue weighted by atomic mass is 19.1.